The summed E-state index contributed by atoms with van der Waals surface area (Å²) in [6.07, 6.45) is 11.1. The molecule has 0 bridgehead atoms. The summed E-state index contributed by atoms with van der Waals surface area (Å²) < 4.78 is 5.77. The maximum Gasteiger partial charge on any atom is 0.119 e. The third-order valence-corrected chi connectivity index (χ3v) is 7.30. The first kappa shape index (κ1) is 18.2. The van der Waals surface area contributed by atoms with Gasteiger partial charge in [0.25, 0.3) is 0 Å². The van der Waals surface area contributed by atoms with E-state index < -0.39 is 0 Å². The summed E-state index contributed by atoms with van der Waals surface area (Å²) in [6, 6.07) is 8.60. The van der Waals surface area contributed by atoms with Crippen molar-refractivity contribution in [2.45, 2.75) is 83.3 Å². The first-order valence-electron chi connectivity index (χ1n) is 10.7. The highest BCUT2D eigenvalue weighted by Crippen LogP contribution is 2.51. The number of nitrogens with zero attached hydrogens (tertiary/aromatic N) is 1. The van der Waals surface area contributed by atoms with E-state index in [1.807, 2.05) is 0 Å². The van der Waals surface area contributed by atoms with Crippen LogP contribution in [0.3, 0.4) is 0 Å². The average Bonchev–Trinajstić information content (AvgIpc) is 3.30. The third kappa shape index (κ3) is 3.60. The fourth-order valence-corrected chi connectivity index (χ4v) is 5.66. The molecule has 1 aliphatic heterocycles. The molecule has 1 saturated heterocycles. The lowest BCUT2D eigenvalue weighted by molar-refractivity contribution is -0.0720. The predicted molar refractivity (Wildman–Crippen MR) is 107 cm³/mol. The number of rotatable bonds is 4. The zero-order valence-corrected chi connectivity index (χ0v) is 16.5. The van der Waals surface area contributed by atoms with Crippen LogP contribution in [-0.4, -0.2) is 29.9 Å². The van der Waals surface area contributed by atoms with Crippen LogP contribution in [0.5, 0.6) is 5.75 Å². The number of aliphatic hydroxyl groups is 1. The lowest BCUT2D eigenvalue weighted by Crippen LogP contribution is -2.44. The van der Waals surface area contributed by atoms with Crippen molar-refractivity contribution in [1.82, 2.24) is 0 Å². The van der Waals surface area contributed by atoms with E-state index in [0.717, 1.165) is 31.7 Å². The molecular weight excluding hydrogens is 322 g/mol. The summed E-state index contributed by atoms with van der Waals surface area (Å²) in [5.41, 5.74) is 1.39. The van der Waals surface area contributed by atoms with Crippen molar-refractivity contribution in [2.75, 3.05) is 18.0 Å². The van der Waals surface area contributed by atoms with Gasteiger partial charge in [0, 0.05) is 18.8 Å². The third-order valence-electron chi connectivity index (χ3n) is 7.30. The van der Waals surface area contributed by atoms with E-state index in [2.05, 4.69) is 43.0 Å². The fraction of sp³-hybridized carbons (Fsp3) is 0.739. The summed E-state index contributed by atoms with van der Waals surface area (Å²) in [4.78, 5) is 2.54. The summed E-state index contributed by atoms with van der Waals surface area (Å²) >= 11 is 0. The van der Waals surface area contributed by atoms with Crippen molar-refractivity contribution < 1.29 is 9.84 Å². The molecular formula is C23H35NO2. The van der Waals surface area contributed by atoms with Crippen LogP contribution in [0.25, 0.3) is 0 Å². The van der Waals surface area contributed by atoms with Crippen molar-refractivity contribution in [3.8, 4) is 5.75 Å². The van der Waals surface area contributed by atoms with E-state index in [0.29, 0.717) is 11.3 Å². The Morgan fingerprint density at radius 1 is 1.00 bits per heavy atom. The van der Waals surface area contributed by atoms with Crippen LogP contribution in [0.1, 0.15) is 71.6 Å². The van der Waals surface area contributed by atoms with Crippen molar-refractivity contribution >= 4 is 5.69 Å². The first-order chi connectivity index (χ1) is 12.5. The normalized spacial score (nSPS) is 32.7. The van der Waals surface area contributed by atoms with Gasteiger partial charge in [-0.05, 0) is 94.4 Å². The summed E-state index contributed by atoms with van der Waals surface area (Å²) in [5, 5.41) is 11.2. The molecule has 3 heteroatoms. The SMILES string of the molecule is CC(C)Oc1ccc(N2CCC3(CCC(O)(C4CCCC4)CC3)C2)cc1. The zero-order valence-electron chi connectivity index (χ0n) is 16.5. The van der Waals surface area contributed by atoms with Gasteiger partial charge in [0.15, 0.2) is 0 Å². The molecule has 4 rings (SSSR count). The molecule has 0 aromatic heterocycles. The van der Waals surface area contributed by atoms with Crippen molar-refractivity contribution in [3.05, 3.63) is 24.3 Å². The van der Waals surface area contributed by atoms with E-state index >= 15 is 0 Å². The molecule has 3 nitrogen and oxygen atoms in total. The average molecular weight is 358 g/mol. The maximum atomic E-state index is 11.2. The summed E-state index contributed by atoms with van der Waals surface area (Å²) in [5.74, 6) is 1.53. The molecule has 3 fully saturated rings. The van der Waals surface area contributed by atoms with Crippen LogP contribution in [-0.2, 0) is 0 Å². The van der Waals surface area contributed by atoms with Crippen LogP contribution in [0.2, 0.25) is 0 Å². The Hall–Kier alpha value is -1.22. The second-order valence-corrected chi connectivity index (χ2v) is 9.42. The largest absolute Gasteiger partial charge is 0.491 e. The molecule has 0 unspecified atom stereocenters. The number of hydrogen-bond acceptors (Lipinski definition) is 3. The van der Waals surface area contributed by atoms with Crippen LogP contribution in [0, 0.1) is 11.3 Å². The molecule has 1 aromatic carbocycles. The first-order valence-corrected chi connectivity index (χ1v) is 10.7. The minimum absolute atomic E-state index is 0.219. The van der Waals surface area contributed by atoms with Gasteiger partial charge in [0.2, 0.25) is 0 Å². The minimum atomic E-state index is -0.356. The molecule has 1 spiro atoms. The van der Waals surface area contributed by atoms with Gasteiger partial charge in [-0.1, -0.05) is 12.8 Å². The summed E-state index contributed by atoms with van der Waals surface area (Å²) in [7, 11) is 0. The van der Waals surface area contributed by atoms with E-state index in [1.54, 1.807) is 0 Å². The van der Waals surface area contributed by atoms with Crippen molar-refractivity contribution in [3.63, 3.8) is 0 Å². The van der Waals surface area contributed by atoms with E-state index in [9.17, 15) is 5.11 Å². The molecule has 0 amide bonds. The highest BCUT2D eigenvalue weighted by molar-refractivity contribution is 5.50. The Morgan fingerprint density at radius 3 is 2.27 bits per heavy atom. The van der Waals surface area contributed by atoms with Crippen molar-refractivity contribution in [2.24, 2.45) is 11.3 Å². The molecule has 3 aliphatic rings. The smallest absolute Gasteiger partial charge is 0.119 e. The number of hydrogen-bond donors (Lipinski definition) is 1. The monoisotopic (exact) mass is 357 g/mol. The molecule has 2 aliphatic carbocycles. The second kappa shape index (κ2) is 7.07. The summed E-state index contributed by atoms with van der Waals surface area (Å²) in [6.45, 7) is 6.42. The Kier molecular flexibility index (Phi) is 4.94. The van der Waals surface area contributed by atoms with E-state index in [1.165, 1.54) is 50.6 Å². The number of anilines is 1. The molecule has 144 valence electrons. The number of ether oxygens (including phenoxy) is 1. The molecule has 0 atom stereocenters. The van der Waals surface area contributed by atoms with E-state index in [4.69, 9.17) is 4.74 Å². The van der Waals surface area contributed by atoms with Gasteiger partial charge in [-0.2, -0.15) is 0 Å². The van der Waals surface area contributed by atoms with Gasteiger partial charge >= 0.3 is 0 Å². The Balaban J connectivity index is 1.36. The van der Waals surface area contributed by atoms with Crippen molar-refractivity contribution in [1.29, 1.82) is 0 Å². The van der Waals surface area contributed by atoms with Gasteiger partial charge in [0.1, 0.15) is 5.75 Å². The molecule has 1 heterocycles. The highest BCUT2D eigenvalue weighted by atomic mass is 16.5. The zero-order chi connectivity index (χ0) is 18.2. The molecule has 1 N–H and O–H groups in total. The molecule has 2 saturated carbocycles. The van der Waals surface area contributed by atoms with Gasteiger partial charge in [-0.15, -0.1) is 0 Å². The Morgan fingerprint density at radius 2 is 1.65 bits per heavy atom. The Labute approximate surface area is 158 Å². The molecule has 1 aromatic rings. The van der Waals surface area contributed by atoms with Crippen LogP contribution in [0.4, 0.5) is 5.69 Å². The number of benzene rings is 1. The lowest BCUT2D eigenvalue weighted by Gasteiger charge is -2.45. The lowest BCUT2D eigenvalue weighted by atomic mass is 9.64. The minimum Gasteiger partial charge on any atom is -0.491 e. The Bertz CT molecular complexity index is 595. The fourth-order valence-electron chi connectivity index (χ4n) is 5.66. The van der Waals surface area contributed by atoms with Crippen LogP contribution in [0.15, 0.2) is 24.3 Å². The molecule has 0 radical (unpaired) electrons. The quantitative estimate of drug-likeness (QED) is 0.807. The predicted octanol–water partition coefficient (Wildman–Crippen LogP) is 5.17. The van der Waals surface area contributed by atoms with Gasteiger partial charge in [-0.3, -0.25) is 0 Å². The highest BCUT2D eigenvalue weighted by Gasteiger charge is 2.48. The maximum absolute atomic E-state index is 11.2. The molecule has 26 heavy (non-hydrogen) atoms. The van der Waals surface area contributed by atoms with Gasteiger partial charge in [-0.25, -0.2) is 0 Å². The second-order valence-electron chi connectivity index (χ2n) is 9.42. The topological polar surface area (TPSA) is 32.7 Å². The van der Waals surface area contributed by atoms with Crippen LogP contribution < -0.4 is 9.64 Å². The van der Waals surface area contributed by atoms with Crippen LogP contribution >= 0.6 is 0 Å². The van der Waals surface area contributed by atoms with E-state index in [-0.39, 0.29) is 11.7 Å². The van der Waals surface area contributed by atoms with Gasteiger partial charge < -0.3 is 14.7 Å². The van der Waals surface area contributed by atoms with Gasteiger partial charge in [0.05, 0.1) is 11.7 Å². The standard InChI is InChI=1S/C23H35NO2/c1-18(2)26-21-9-7-20(8-10-21)24-16-15-22(17-24)11-13-23(25,14-12-22)19-5-3-4-6-19/h7-10,18-19,25H,3-6,11-17H2,1-2H3.